The number of rotatable bonds is 2. The van der Waals surface area contributed by atoms with E-state index in [0.717, 1.165) is 0 Å². The molecule has 1 aliphatic heterocycles. The van der Waals surface area contributed by atoms with Crippen molar-refractivity contribution >= 4 is 15.6 Å². The third-order valence-electron chi connectivity index (χ3n) is 2.65. The maximum Gasteiger partial charge on any atom is 0.238 e. The number of pyridine rings is 1. The number of carbonyl (C=O) groups is 1. The van der Waals surface area contributed by atoms with Gasteiger partial charge in [0.2, 0.25) is 9.84 Å². The fraction of sp³-hybridized carbons (Fsp3) is 0.333. The van der Waals surface area contributed by atoms with Gasteiger partial charge in [0.05, 0.1) is 6.54 Å². The number of aromatic nitrogens is 1. The minimum Gasteiger partial charge on any atom is -0.369 e. The summed E-state index contributed by atoms with van der Waals surface area (Å²) in [6, 6.07) is 4.72. The molecule has 0 bridgehead atoms. The summed E-state index contributed by atoms with van der Waals surface area (Å²) < 4.78 is 24.5. The van der Waals surface area contributed by atoms with Crippen molar-refractivity contribution in [2.45, 2.75) is 24.3 Å². The van der Waals surface area contributed by atoms with E-state index < -0.39 is 9.84 Å². The fourth-order valence-corrected chi connectivity index (χ4v) is 2.98. The monoisotopic (exact) mass is 266 g/mol. The number of Topliss-reactive ketones (excluding diaryl/α,β-unsaturated/α-hetero) is 1. The first-order chi connectivity index (χ1) is 8.60. The van der Waals surface area contributed by atoms with Crippen LogP contribution in [-0.4, -0.2) is 25.7 Å². The van der Waals surface area contributed by atoms with E-state index in [1.54, 1.807) is 18.2 Å². The van der Waals surface area contributed by atoms with Gasteiger partial charge in [0, 0.05) is 12.6 Å². The van der Waals surface area contributed by atoms with Gasteiger partial charge in [-0.05, 0) is 31.1 Å². The highest BCUT2D eigenvalue weighted by Gasteiger charge is 2.23. The summed E-state index contributed by atoms with van der Waals surface area (Å²) in [5, 5.41) is 2.77. The van der Waals surface area contributed by atoms with Crippen LogP contribution in [0, 0.1) is 0 Å². The highest BCUT2D eigenvalue weighted by molar-refractivity contribution is 7.95. The Morgan fingerprint density at radius 3 is 2.83 bits per heavy atom. The molecule has 0 spiro atoms. The largest absolute Gasteiger partial charge is 0.369 e. The first-order valence-electron chi connectivity index (χ1n) is 5.72. The molecule has 0 aliphatic carbocycles. The molecule has 0 amide bonds. The standard InChI is InChI=1S/C12H14N2O3S/c15-10-5-1-2-6-12(14-9-10)18(16,17)11-7-3-4-8-13-11/h3-4,6-8,14H,1-2,5,9H2. The van der Waals surface area contributed by atoms with E-state index in [0.29, 0.717) is 19.3 Å². The topological polar surface area (TPSA) is 76.1 Å². The number of nitrogens with zero attached hydrogens (tertiary/aromatic N) is 1. The molecule has 1 aromatic rings. The second kappa shape index (κ2) is 5.30. The predicted molar refractivity (Wildman–Crippen MR) is 66.4 cm³/mol. The van der Waals surface area contributed by atoms with Gasteiger partial charge in [-0.25, -0.2) is 13.4 Å². The second-order valence-electron chi connectivity index (χ2n) is 4.02. The SMILES string of the molecule is O=C1CCCC=C(S(=O)(=O)c2ccccn2)NC1. The average Bonchev–Trinajstić information content (AvgIpc) is 2.35. The fourth-order valence-electron chi connectivity index (χ4n) is 1.70. The van der Waals surface area contributed by atoms with Crippen molar-refractivity contribution in [3.8, 4) is 0 Å². The molecular weight excluding hydrogens is 252 g/mol. The molecule has 6 heteroatoms. The highest BCUT2D eigenvalue weighted by Crippen LogP contribution is 2.17. The first-order valence-corrected chi connectivity index (χ1v) is 7.21. The molecule has 0 aromatic carbocycles. The van der Waals surface area contributed by atoms with E-state index >= 15 is 0 Å². The van der Waals surface area contributed by atoms with Gasteiger partial charge in [-0.15, -0.1) is 0 Å². The van der Waals surface area contributed by atoms with E-state index in [2.05, 4.69) is 10.3 Å². The first kappa shape index (κ1) is 12.8. The Hall–Kier alpha value is -1.69. The van der Waals surface area contributed by atoms with E-state index in [9.17, 15) is 13.2 Å². The summed E-state index contributed by atoms with van der Waals surface area (Å²) in [6.45, 7) is 0.0535. The molecule has 18 heavy (non-hydrogen) atoms. The van der Waals surface area contributed by atoms with Crippen molar-refractivity contribution in [2.75, 3.05) is 6.54 Å². The average molecular weight is 266 g/mol. The Morgan fingerprint density at radius 1 is 1.28 bits per heavy atom. The maximum atomic E-state index is 12.3. The van der Waals surface area contributed by atoms with Crippen molar-refractivity contribution in [2.24, 2.45) is 0 Å². The zero-order valence-electron chi connectivity index (χ0n) is 9.80. The van der Waals surface area contributed by atoms with Crippen LogP contribution in [0.2, 0.25) is 0 Å². The van der Waals surface area contributed by atoms with E-state index in [4.69, 9.17) is 0 Å². The normalized spacial score (nSPS) is 17.3. The molecule has 2 rings (SSSR count). The highest BCUT2D eigenvalue weighted by atomic mass is 32.2. The summed E-state index contributed by atoms with van der Waals surface area (Å²) in [5.74, 6) is 0.0248. The summed E-state index contributed by atoms with van der Waals surface area (Å²) >= 11 is 0. The minimum atomic E-state index is -3.64. The quantitative estimate of drug-likeness (QED) is 0.865. The number of hydrogen-bond acceptors (Lipinski definition) is 5. The van der Waals surface area contributed by atoms with Crippen molar-refractivity contribution in [1.82, 2.24) is 10.3 Å². The van der Waals surface area contributed by atoms with Gasteiger partial charge in [0.25, 0.3) is 0 Å². The number of sulfone groups is 1. The van der Waals surface area contributed by atoms with Crippen LogP contribution in [0.1, 0.15) is 19.3 Å². The molecule has 0 saturated carbocycles. The van der Waals surface area contributed by atoms with E-state index in [1.807, 2.05) is 0 Å². The molecule has 0 atom stereocenters. The van der Waals surface area contributed by atoms with Gasteiger partial charge in [0.15, 0.2) is 10.8 Å². The zero-order chi connectivity index (χ0) is 13.0. The molecule has 0 radical (unpaired) electrons. The predicted octanol–water partition coefficient (Wildman–Crippen LogP) is 1.04. The molecule has 1 aliphatic rings. The van der Waals surface area contributed by atoms with Crippen molar-refractivity contribution in [1.29, 1.82) is 0 Å². The maximum absolute atomic E-state index is 12.3. The van der Waals surface area contributed by atoms with Crippen LogP contribution < -0.4 is 5.32 Å². The van der Waals surface area contributed by atoms with Crippen LogP contribution in [-0.2, 0) is 14.6 Å². The smallest absolute Gasteiger partial charge is 0.238 e. The third kappa shape index (κ3) is 2.76. The van der Waals surface area contributed by atoms with Gasteiger partial charge >= 0.3 is 0 Å². The van der Waals surface area contributed by atoms with E-state index in [-0.39, 0.29) is 22.4 Å². The molecule has 1 N–H and O–H groups in total. The summed E-state index contributed by atoms with van der Waals surface area (Å²) in [5.41, 5.74) is 0. The molecule has 1 aromatic heterocycles. The van der Waals surface area contributed by atoms with Crippen molar-refractivity contribution in [3.63, 3.8) is 0 Å². The van der Waals surface area contributed by atoms with Crippen LogP contribution in [0.5, 0.6) is 0 Å². The van der Waals surface area contributed by atoms with Gasteiger partial charge in [-0.2, -0.15) is 0 Å². The number of allylic oxidation sites excluding steroid dienone is 1. The van der Waals surface area contributed by atoms with Crippen LogP contribution in [0.25, 0.3) is 0 Å². The number of ketones is 1. The lowest BCUT2D eigenvalue weighted by molar-refractivity contribution is -0.118. The minimum absolute atomic E-state index is 0.00299. The third-order valence-corrected chi connectivity index (χ3v) is 4.33. The van der Waals surface area contributed by atoms with Crippen molar-refractivity contribution < 1.29 is 13.2 Å². The number of nitrogens with one attached hydrogen (secondary N) is 1. The van der Waals surface area contributed by atoms with Crippen LogP contribution in [0.15, 0.2) is 40.5 Å². The van der Waals surface area contributed by atoms with Gasteiger partial charge < -0.3 is 5.32 Å². The lowest BCUT2D eigenvalue weighted by Gasteiger charge is -2.13. The Labute approximate surface area is 106 Å². The molecule has 5 nitrogen and oxygen atoms in total. The number of hydrogen-bond donors (Lipinski definition) is 1. The number of carbonyl (C=O) groups excluding carboxylic acids is 1. The molecule has 0 unspecified atom stereocenters. The van der Waals surface area contributed by atoms with E-state index in [1.165, 1.54) is 12.3 Å². The van der Waals surface area contributed by atoms with Crippen LogP contribution in [0.3, 0.4) is 0 Å². The molecule has 96 valence electrons. The van der Waals surface area contributed by atoms with Crippen LogP contribution >= 0.6 is 0 Å². The molecule has 0 saturated heterocycles. The Bertz CT molecular complexity index is 564. The van der Waals surface area contributed by atoms with Crippen LogP contribution in [0.4, 0.5) is 0 Å². The Morgan fingerprint density at radius 2 is 2.11 bits per heavy atom. The lowest BCUT2D eigenvalue weighted by atomic mass is 10.1. The second-order valence-corrected chi connectivity index (χ2v) is 5.89. The molecule has 0 fully saturated rings. The lowest BCUT2D eigenvalue weighted by Crippen LogP contribution is -2.28. The Kier molecular flexibility index (Phi) is 3.76. The summed E-state index contributed by atoms with van der Waals surface area (Å²) in [4.78, 5) is 15.2. The Balaban J connectivity index is 2.32. The van der Waals surface area contributed by atoms with Gasteiger partial charge in [-0.1, -0.05) is 6.07 Å². The van der Waals surface area contributed by atoms with Gasteiger partial charge in [-0.3, -0.25) is 4.79 Å². The van der Waals surface area contributed by atoms with Crippen molar-refractivity contribution in [3.05, 3.63) is 35.5 Å². The van der Waals surface area contributed by atoms with Gasteiger partial charge in [0.1, 0.15) is 5.03 Å². The molecule has 2 heterocycles. The zero-order valence-corrected chi connectivity index (χ0v) is 10.6. The summed E-state index contributed by atoms with van der Waals surface area (Å²) in [7, 11) is -3.64. The molecular formula is C12H14N2O3S. The summed E-state index contributed by atoms with van der Waals surface area (Å²) in [6.07, 6.45) is 4.79.